The molecule has 180 valence electrons. The normalized spacial score (nSPS) is 11.4. The lowest BCUT2D eigenvalue weighted by Crippen LogP contribution is -2.31. The Hall–Kier alpha value is -4.00. The third-order valence-electron chi connectivity index (χ3n) is 4.95. The van der Waals surface area contributed by atoms with Gasteiger partial charge in [0.15, 0.2) is 5.82 Å². The van der Waals surface area contributed by atoms with E-state index in [2.05, 4.69) is 35.6 Å². The molecule has 35 heavy (non-hydrogen) atoms. The second-order valence-corrected chi connectivity index (χ2v) is 9.63. The quantitative estimate of drug-likeness (QED) is 0.319. The predicted octanol–water partition coefficient (Wildman–Crippen LogP) is 2.70. The highest BCUT2D eigenvalue weighted by atomic mass is 32.2. The average Bonchev–Trinajstić information content (AvgIpc) is 2.85. The van der Waals surface area contributed by atoms with E-state index >= 15 is 0 Å². The smallest absolute Gasteiger partial charge is 0.242 e. The molecule has 0 aliphatic rings. The Morgan fingerprint density at radius 2 is 1.60 bits per heavy atom. The Balaban J connectivity index is 1.47. The van der Waals surface area contributed by atoms with Crippen LogP contribution in [0.1, 0.15) is 5.69 Å². The van der Waals surface area contributed by atoms with Gasteiger partial charge in [-0.25, -0.2) is 28.4 Å². The van der Waals surface area contributed by atoms with Gasteiger partial charge in [0, 0.05) is 43.9 Å². The summed E-state index contributed by atoms with van der Waals surface area (Å²) < 4.78 is 26.3. The van der Waals surface area contributed by atoms with Crippen LogP contribution in [0, 0.1) is 6.92 Å². The van der Waals surface area contributed by atoms with Crippen LogP contribution in [-0.2, 0) is 10.0 Å². The van der Waals surface area contributed by atoms with E-state index in [-0.39, 0.29) is 18.0 Å². The number of hydrogen-bond acceptors (Lipinski definition) is 10. The van der Waals surface area contributed by atoms with E-state index in [1.54, 1.807) is 36.7 Å². The van der Waals surface area contributed by atoms with Gasteiger partial charge in [-0.05, 0) is 55.5 Å². The van der Waals surface area contributed by atoms with E-state index < -0.39 is 10.0 Å². The molecule has 12 heteroatoms. The molecular formula is C23H25N9O2S. The van der Waals surface area contributed by atoms with Crippen molar-refractivity contribution in [3.05, 3.63) is 72.7 Å². The number of aryl methyl sites for hydroxylation is 1. The molecule has 4 aromatic rings. The molecule has 0 atom stereocenters. The zero-order valence-electron chi connectivity index (χ0n) is 19.3. The molecule has 0 unspecified atom stereocenters. The van der Waals surface area contributed by atoms with Crippen molar-refractivity contribution in [2.24, 2.45) is 5.73 Å². The van der Waals surface area contributed by atoms with Crippen molar-refractivity contribution in [2.45, 2.75) is 11.8 Å². The van der Waals surface area contributed by atoms with Crippen LogP contribution in [-0.4, -0.2) is 57.8 Å². The Morgan fingerprint density at radius 1 is 0.886 bits per heavy atom. The maximum atomic E-state index is 12.5. The molecule has 3 aromatic heterocycles. The van der Waals surface area contributed by atoms with Crippen LogP contribution < -0.4 is 16.4 Å². The summed E-state index contributed by atoms with van der Waals surface area (Å²) in [6, 6.07) is 15.5. The first-order chi connectivity index (χ1) is 16.8. The Morgan fingerprint density at radius 3 is 2.31 bits per heavy atom. The lowest BCUT2D eigenvalue weighted by atomic mass is 10.3. The van der Waals surface area contributed by atoms with Gasteiger partial charge in [0.1, 0.15) is 17.3 Å². The van der Waals surface area contributed by atoms with Gasteiger partial charge in [-0.1, -0.05) is 6.07 Å². The number of benzene rings is 1. The molecule has 1 aromatic carbocycles. The first-order valence-corrected chi connectivity index (χ1v) is 12.2. The topological polar surface area (TPSA) is 152 Å². The number of nitrogens with one attached hydrogen (secondary N) is 2. The number of likely N-dealkylation sites (N-methyl/N-ethyl adjacent to an activating group) is 1. The molecule has 0 saturated heterocycles. The highest BCUT2D eigenvalue weighted by Crippen LogP contribution is 2.21. The minimum atomic E-state index is -3.59. The molecular weight excluding hydrogens is 466 g/mol. The zero-order valence-corrected chi connectivity index (χ0v) is 20.1. The van der Waals surface area contributed by atoms with E-state index in [9.17, 15) is 8.42 Å². The number of aromatic nitrogens is 5. The van der Waals surface area contributed by atoms with Crippen LogP contribution in [0.25, 0.3) is 11.5 Å². The van der Waals surface area contributed by atoms with Crippen molar-refractivity contribution in [1.82, 2.24) is 29.2 Å². The highest BCUT2D eigenvalue weighted by molar-refractivity contribution is 7.89. The van der Waals surface area contributed by atoms with Gasteiger partial charge < -0.3 is 16.4 Å². The van der Waals surface area contributed by atoms with E-state index in [0.29, 0.717) is 34.8 Å². The predicted molar refractivity (Wildman–Crippen MR) is 134 cm³/mol. The van der Waals surface area contributed by atoms with E-state index in [0.717, 1.165) is 5.69 Å². The second-order valence-electron chi connectivity index (χ2n) is 7.58. The van der Waals surface area contributed by atoms with Crippen molar-refractivity contribution in [3.8, 4) is 11.5 Å². The van der Waals surface area contributed by atoms with Crippen LogP contribution in [0.3, 0.4) is 0 Å². The molecule has 3 heterocycles. The number of rotatable bonds is 9. The summed E-state index contributed by atoms with van der Waals surface area (Å²) in [5.74, 6) is 1.91. The first kappa shape index (κ1) is 24.1. The summed E-state index contributed by atoms with van der Waals surface area (Å²) in [5, 5.41) is 6.22. The second kappa shape index (κ2) is 10.5. The van der Waals surface area contributed by atoms with Crippen LogP contribution >= 0.6 is 0 Å². The van der Waals surface area contributed by atoms with E-state index in [4.69, 9.17) is 5.73 Å². The van der Waals surface area contributed by atoms with Crippen molar-refractivity contribution < 1.29 is 8.42 Å². The molecule has 0 fully saturated rings. The minimum absolute atomic E-state index is 0.179. The molecule has 0 aliphatic carbocycles. The van der Waals surface area contributed by atoms with Gasteiger partial charge in [-0.15, -0.1) is 0 Å². The summed E-state index contributed by atoms with van der Waals surface area (Å²) in [7, 11) is -2.09. The standard InChI is InChI=1S/C23H25N9O2S/c1-16-4-3-5-19(27-16)22-25-13-10-20(30-22)29-21-11-14-26-23(31-21)28-17-6-8-18(9-7-17)35(33,34)32(2)15-12-24/h3-11,13-14H,12,15,24H2,1-2H3,(H2,25,26,28,29,30,31). The van der Waals surface area contributed by atoms with Crippen molar-refractivity contribution >= 4 is 33.3 Å². The SMILES string of the molecule is Cc1cccc(-c2nccc(Nc3ccnc(Nc4ccc(S(=O)(=O)N(C)CCN)cc4)n3)n2)n1. The molecule has 0 spiro atoms. The number of anilines is 4. The molecule has 0 saturated carbocycles. The highest BCUT2D eigenvalue weighted by Gasteiger charge is 2.19. The molecule has 4 N–H and O–H groups in total. The summed E-state index contributed by atoms with van der Waals surface area (Å²) in [5.41, 5.74) is 7.66. The third-order valence-corrected chi connectivity index (χ3v) is 6.82. The fourth-order valence-corrected chi connectivity index (χ4v) is 4.35. The fourth-order valence-electron chi connectivity index (χ4n) is 3.16. The summed E-state index contributed by atoms with van der Waals surface area (Å²) in [6.07, 6.45) is 3.25. The van der Waals surface area contributed by atoms with Gasteiger partial charge >= 0.3 is 0 Å². The summed E-state index contributed by atoms with van der Waals surface area (Å²) in [4.78, 5) is 22.1. The Bertz CT molecular complexity index is 1410. The van der Waals surface area contributed by atoms with Crippen molar-refractivity contribution in [1.29, 1.82) is 0 Å². The van der Waals surface area contributed by atoms with Gasteiger partial charge in [-0.3, -0.25) is 0 Å². The molecule has 0 aliphatic heterocycles. The maximum Gasteiger partial charge on any atom is 0.242 e. The lowest BCUT2D eigenvalue weighted by Gasteiger charge is -2.16. The molecule has 4 rings (SSSR count). The van der Waals surface area contributed by atoms with Crippen LogP contribution in [0.5, 0.6) is 0 Å². The number of sulfonamides is 1. The summed E-state index contributed by atoms with van der Waals surface area (Å²) >= 11 is 0. The zero-order chi connectivity index (χ0) is 24.8. The maximum absolute atomic E-state index is 12.5. The fraction of sp³-hybridized carbons (Fsp3) is 0.174. The van der Waals surface area contributed by atoms with Gasteiger partial charge in [0.25, 0.3) is 0 Å². The summed E-state index contributed by atoms with van der Waals surface area (Å²) in [6.45, 7) is 2.40. The third kappa shape index (κ3) is 5.93. The number of nitrogens with zero attached hydrogens (tertiary/aromatic N) is 6. The molecule has 11 nitrogen and oxygen atoms in total. The van der Waals surface area contributed by atoms with Crippen LogP contribution in [0.2, 0.25) is 0 Å². The van der Waals surface area contributed by atoms with Gasteiger partial charge in [0.05, 0.1) is 4.90 Å². The first-order valence-electron chi connectivity index (χ1n) is 10.8. The average molecular weight is 492 g/mol. The van der Waals surface area contributed by atoms with Crippen LogP contribution in [0.15, 0.2) is 71.9 Å². The van der Waals surface area contributed by atoms with Crippen molar-refractivity contribution in [3.63, 3.8) is 0 Å². The number of nitrogens with two attached hydrogens (primary N) is 1. The van der Waals surface area contributed by atoms with E-state index in [1.165, 1.54) is 23.5 Å². The minimum Gasteiger partial charge on any atom is -0.329 e. The Kier molecular flexibility index (Phi) is 7.25. The van der Waals surface area contributed by atoms with E-state index in [1.807, 2.05) is 25.1 Å². The Labute approximate surface area is 203 Å². The lowest BCUT2D eigenvalue weighted by molar-refractivity contribution is 0.476. The molecule has 0 radical (unpaired) electrons. The number of hydrogen-bond donors (Lipinski definition) is 3. The van der Waals surface area contributed by atoms with Crippen LogP contribution in [0.4, 0.5) is 23.3 Å². The van der Waals surface area contributed by atoms with Crippen molar-refractivity contribution in [2.75, 3.05) is 30.8 Å². The molecule has 0 bridgehead atoms. The van der Waals surface area contributed by atoms with Gasteiger partial charge in [-0.2, -0.15) is 9.29 Å². The van der Waals surface area contributed by atoms with Gasteiger partial charge in [0.2, 0.25) is 16.0 Å². The molecule has 0 amide bonds. The largest absolute Gasteiger partial charge is 0.329 e. The number of pyridine rings is 1. The monoisotopic (exact) mass is 491 g/mol.